The predicted molar refractivity (Wildman–Crippen MR) is 318 cm³/mol. The number of aromatic nitrogens is 1. The number of ether oxygens (including phenoxy) is 4. The van der Waals surface area contributed by atoms with Gasteiger partial charge in [0.2, 0.25) is 23.6 Å². The number of hydrogen-bond donors (Lipinski definition) is 3. The van der Waals surface area contributed by atoms with Gasteiger partial charge < -0.3 is 44.7 Å². The molecular formula is C66H93N7O12. The zero-order valence-corrected chi connectivity index (χ0v) is 51.5. The van der Waals surface area contributed by atoms with E-state index in [1.165, 1.54) is 0 Å². The molecule has 10 rings (SSSR count). The quantitative estimate of drug-likeness (QED) is 0.122. The van der Waals surface area contributed by atoms with Gasteiger partial charge in [0.15, 0.2) is 0 Å². The maximum Gasteiger partial charge on any atom is 0.332 e. The van der Waals surface area contributed by atoms with Gasteiger partial charge in [-0.1, -0.05) is 74.3 Å². The van der Waals surface area contributed by atoms with Crippen molar-refractivity contribution in [3.05, 3.63) is 66.4 Å². The third-order valence-corrected chi connectivity index (χ3v) is 18.4. The average molecular weight is 1180 g/mol. The molecule has 0 spiro atoms. The number of benzene rings is 1. The van der Waals surface area contributed by atoms with Crippen LogP contribution >= 0.6 is 0 Å². The van der Waals surface area contributed by atoms with Gasteiger partial charge in [0.25, 0.3) is 0 Å². The van der Waals surface area contributed by atoms with Gasteiger partial charge in [0, 0.05) is 86.7 Å². The van der Waals surface area contributed by atoms with Gasteiger partial charge in [-0.15, -0.1) is 0 Å². The van der Waals surface area contributed by atoms with Crippen molar-refractivity contribution < 1.29 is 57.3 Å². The molecule has 19 nitrogen and oxygen atoms in total. The number of hydrogen-bond acceptors (Lipinski definition) is 15. The average Bonchev–Trinajstić information content (AvgIpc) is 2.66. The van der Waals surface area contributed by atoms with Gasteiger partial charge in [0.05, 0.1) is 37.3 Å². The van der Waals surface area contributed by atoms with Crippen LogP contribution in [0.1, 0.15) is 151 Å². The minimum atomic E-state index is -1.13. The van der Waals surface area contributed by atoms with Gasteiger partial charge in [0.1, 0.15) is 34.4 Å². The molecule has 2 saturated carbocycles. The summed E-state index contributed by atoms with van der Waals surface area (Å²) >= 11 is 0. The van der Waals surface area contributed by atoms with Crippen LogP contribution in [0.15, 0.2) is 60.7 Å². The number of amides is 4. The third kappa shape index (κ3) is 15.1. The third-order valence-electron chi connectivity index (χ3n) is 18.4. The Labute approximate surface area is 501 Å². The Morgan fingerprint density at radius 1 is 0.612 bits per heavy atom. The lowest BCUT2D eigenvalue weighted by molar-refractivity contribution is -0.159. The molecule has 4 saturated heterocycles. The van der Waals surface area contributed by atoms with Crippen LogP contribution in [0, 0.1) is 47.3 Å². The molecule has 1 aromatic heterocycles. The molecule has 0 radical (unpaired) electrons. The SMILES string of the molecule is CCOC(=O)[C@@]12CC1/C=C\CCCCC[C@H](CC(=O)OC(C)(C)C)C(=O)N1C[C@@H]3CN(Cc4ccc5ccccc5n4)C[C@@H]3[C@H]1C(=O)N2.CCOC(=O)[C@@]12C[C@H]1/C=C\CCCCC[C@H](CC(=O)OC(C)(C)C)C(=O)N1C[C@@H]3CNC[C@@H]3[C@H]1C(=O)N2. The number of carbonyl (C=O) groups is 8. The first kappa shape index (κ1) is 63.3. The second-order valence-corrected chi connectivity index (χ2v) is 27.2. The highest BCUT2D eigenvalue weighted by molar-refractivity contribution is 5.98. The summed E-state index contributed by atoms with van der Waals surface area (Å²) in [6.45, 7) is 19.1. The molecule has 7 heterocycles. The molecule has 6 aliphatic heterocycles. The molecule has 0 bridgehead atoms. The Kier molecular flexibility index (Phi) is 20.0. The van der Waals surface area contributed by atoms with Gasteiger partial charge in [-0.05, 0) is 131 Å². The second kappa shape index (κ2) is 26.8. The van der Waals surface area contributed by atoms with Gasteiger partial charge in [-0.2, -0.15) is 0 Å². The summed E-state index contributed by atoms with van der Waals surface area (Å²) in [7, 11) is 0. The van der Waals surface area contributed by atoms with E-state index >= 15 is 0 Å². The van der Waals surface area contributed by atoms with Crippen molar-refractivity contribution in [1.82, 2.24) is 35.6 Å². The zero-order valence-electron chi connectivity index (χ0n) is 51.5. The number of rotatable bonds is 10. The summed E-state index contributed by atoms with van der Waals surface area (Å²) in [4.78, 5) is 119. The first-order chi connectivity index (χ1) is 40.5. The molecule has 2 aliphatic carbocycles. The van der Waals surface area contributed by atoms with Gasteiger partial charge in [-0.25, -0.2) is 9.59 Å². The Morgan fingerprint density at radius 3 is 1.66 bits per heavy atom. The Balaban J connectivity index is 0.000000211. The lowest BCUT2D eigenvalue weighted by Gasteiger charge is -2.32. The molecule has 6 fully saturated rings. The molecule has 464 valence electrons. The van der Waals surface area contributed by atoms with Crippen molar-refractivity contribution in [3.8, 4) is 0 Å². The molecule has 4 amide bonds. The van der Waals surface area contributed by atoms with E-state index in [0.717, 1.165) is 81.1 Å². The molecule has 1 unspecified atom stereocenters. The largest absolute Gasteiger partial charge is 0.464 e. The molecule has 8 aliphatic rings. The number of nitrogens with zero attached hydrogens (tertiary/aromatic N) is 4. The minimum Gasteiger partial charge on any atom is -0.464 e. The standard InChI is InChI=1S/C38H50N4O6.C28H43N3O6/c1-5-47-36(46)38-20-28(38)15-10-8-6-7-9-14-26(19-32(43)48-37(2,3)4)35(45)42-22-27-21-41(24-30(27)33(42)34(44)40-38)23-29-18-17-25-13-11-12-16-31(25)39-29;1-5-36-26(35)28-14-20(28)12-10-8-6-7-9-11-18(13-22(32)37-27(2,3)4)25(34)31-17-19-15-29-16-21(19)23(31)24(33)30-28/h10-13,15-18,26-28,30,33H,5-9,14,19-24H2,1-4H3,(H,40,44);10,12,18-21,23,29H,5-9,11,13-17H2,1-4H3,(H,30,33)/b15-10-;12-10-/t26-,27+,28?,30+,33+,38-;18-,19+,20-,21+,23+,28-/m11/s1. The van der Waals surface area contributed by atoms with Crippen molar-refractivity contribution in [2.45, 2.75) is 186 Å². The molecule has 19 heteroatoms. The summed E-state index contributed by atoms with van der Waals surface area (Å²) in [5, 5.41) is 10.6. The summed E-state index contributed by atoms with van der Waals surface area (Å²) in [5.74, 6) is -3.91. The van der Waals surface area contributed by atoms with Gasteiger partial charge >= 0.3 is 23.9 Å². The first-order valence-corrected chi connectivity index (χ1v) is 31.7. The van der Waals surface area contributed by atoms with Crippen molar-refractivity contribution >= 4 is 58.4 Å². The highest BCUT2D eigenvalue weighted by Gasteiger charge is 2.65. The summed E-state index contributed by atoms with van der Waals surface area (Å²) in [6, 6.07) is 10.7. The zero-order chi connectivity index (χ0) is 60.8. The highest BCUT2D eigenvalue weighted by atomic mass is 16.6. The maximum atomic E-state index is 14.5. The lowest BCUT2D eigenvalue weighted by Crippen LogP contribution is -2.56. The monoisotopic (exact) mass is 1180 g/mol. The second-order valence-electron chi connectivity index (χ2n) is 27.2. The molecule has 85 heavy (non-hydrogen) atoms. The van der Waals surface area contributed by atoms with Crippen LogP contribution in [0.2, 0.25) is 0 Å². The minimum absolute atomic E-state index is 0.00324. The predicted octanol–water partition coefficient (Wildman–Crippen LogP) is 7.14. The van der Waals surface area contributed by atoms with E-state index in [1.807, 2.05) is 84.0 Å². The van der Waals surface area contributed by atoms with Crippen LogP contribution in [-0.2, 0) is 63.8 Å². The Morgan fingerprint density at radius 2 is 1.13 bits per heavy atom. The molecule has 12 atom stereocenters. The molecular weight excluding hydrogens is 1080 g/mol. The molecule has 2 aromatic rings. The van der Waals surface area contributed by atoms with Crippen molar-refractivity contribution in [1.29, 1.82) is 0 Å². The lowest BCUT2D eigenvalue weighted by atomic mass is 9.92. The van der Waals surface area contributed by atoms with E-state index in [1.54, 1.807) is 23.6 Å². The molecule has 3 N–H and O–H groups in total. The fourth-order valence-electron chi connectivity index (χ4n) is 14.2. The Bertz CT molecular complexity index is 2860. The maximum absolute atomic E-state index is 14.5. The number of esters is 4. The number of carbonyl (C=O) groups excluding carboxylic acids is 8. The van der Waals surface area contributed by atoms with Crippen LogP contribution in [0.3, 0.4) is 0 Å². The normalized spacial score (nSPS) is 32.5. The number of likely N-dealkylation sites (tertiary alicyclic amines) is 1. The summed E-state index contributed by atoms with van der Waals surface area (Å²) in [5.41, 5.74) is -1.59. The van der Waals surface area contributed by atoms with Crippen LogP contribution in [0.25, 0.3) is 10.9 Å². The topological polar surface area (TPSA) is 232 Å². The van der Waals surface area contributed by atoms with E-state index in [2.05, 4.69) is 39.1 Å². The van der Waals surface area contributed by atoms with Crippen LogP contribution in [-0.4, -0.2) is 154 Å². The van der Waals surface area contributed by atoms with E-state index in [9.17, 15) is 38.4 Å². The van der Waals surface area contributed by atoms with E-state index < -0.39 is 70.1 Å². The fraction of sp³-hybridized carbons (Fsp3) is 0.682. The van der Waals surface area contributed by atoms with Crippen molar-refractivity contribution in [3.63, 3.8) is 0 Å². The molecule has 1 aromatic carbocycles. The number of pyridine rings is 1. The first-order valence-electron chi connectivity index (χ1n) is 31.7. The van der Waals surface area contributed by atoms with E-state index in [4.69, 9.17) is 23.9 Å². The number of fused-ring (bicyclic) bond motifs is 9. The van der Waals surface area contributed by atoms with Crippen LogP contribution in [0.5, 0.6) is 0 Å². The van der Waals surface area contributed by atoms with Crippen molar-refractivity contribution in [2.24, 2.45) is 47.3 Å². The van der Waals surface area contributed by atoms with Crippen LogP contribution in [0.4, 0.5) is 0 Å². The number of para-hydroxylation sites is 1. The highest BCUT2D eigenvalue weighted by Crippen LogP contribution is 2.49. The Hall–Kier alpha value is -6.21. The summed E-state index contributed by atoms with van der Waals surface area (Å²) in [6.07, 6.45) is 17.4. The van der Waals surface area contributed by atoms with Crippen molar-refractivity contribution in [2.75, 3.05) is 52.5 Å². The summed E-state index contributed by atoms with van der Waals surface area (Å²) < 4.78 is 22.0. The number of allylic oxidation sites excluding steroid dienone is 2. The van der Waals surface area contributed by atoms with E-state index in [0.29, 0.717) is 58.4 Å². The van der Waals surface area contributed by atoms with Crippen LogP contribution < -0.4 is 16.0 Å². The fourth-order valence-corrected chi connectivity index (χ4v) is 14.2. The smallest absolute Gasteiger partial charge is 0.332 e. The van der Waals surface area contributed by atoms with E-state index in [-0.39, 0.29) is 85.2 Å². The van der Waals surface area contributed by atoms with Gasteiger partial charge in [-0.3, -0.25) is 38.7 Å². The number of nitrogens with one attached hydrogen (secondary N) is 3.